The molecule has 7 heteroatoms. The number of hydrogen-bond acceptors (Lipinski definition) is 6. The fourth-order valence-electron chi connectivity index (χ4n) is 3.22. The molecule has 1 aliphatic heterocycles. The summed E-state index contributed by atoms with van der Waals surface area (Å²) in [4.78, 5) is 26.5. The highest BCUT2D eigenvalue weighted by Crippen LogP contribution is 2.48. The number of unbranched alkanes of at least 4 members (excludes halogenated alkanes) is 1. The number of para-hydroxylation sites is 1. The smallest absolute Gasteiger partial charge is 0.299 e. The van der Waals surface area contributed by atoms with Gasteiger partial charge in [0.15, 0.2) is 11.5 Å². The van der Waals surface area contributed by atoms with E-state index in [4.69, 9.17) is 18.9 Å². The number of carbonyl (C=O) groups is 2. The average molecular weight is 385 g/mol. The fourth-order valence-corrected chi connectivity index (χ4v) is 3.22. The third-order valence-corrected chi connectivity index (χ3v) is 4.55. The molecule has 0 saturated heterocycles. The van der Waals surface area contributed by atoms with Gasteiger partial charge in [-0.3, -0.25) is 9.59 Å². The lowest BCUT2D eigenvalue weighted by molar-refractivity contribution is -0.114. The molecule has 28 heavy (non-hydrogen) atoms. The Bertz CT molecular complexity index is 865. The fraction of sp³-hybridized carbons (Fsp3) is 0.333. The molecular formula is C21H23NO6. The number of hydrogen-bond donors (Lipinski definition) is 0. The lowest BCUT2D eigenvalue weighted by Gasteiger charge is -2.19. The van der Waals surface area contributed by atoms with Gasteiger partial charge >= 0.3 is 0 Å². The highest BCUT2D eigenvalue weighted by molar-refractivity contribution is 6.53. The lowest BCUT2D eigenvalue weighted by atomic mass is 10.1. The Balaban J connectivity index is 1.72. The second-order valence-corrected chi connectivity index (χ2v) is 6.19. The van der Waals surface area contributed by atoms with Gasteiger partial charge in [0.05, 0.1) is 39.2 Å². The minimum atomic E-state index is -0.603. The zero-order valence-electron chi connectivity index (χ0n) is 16.2. The van der Waals surface area contributed by atoms with Crippen LogP contribution >= 0.6 is 0 Å². The zero-order chi connectivity index (χ0) is 20.1. The summed E-state index contributed by atoms with van der Waals surface area (Å²) < 4.78 is 21.7. The summed E-state index contributed by atoms with van der Waals surface area (Å²) in [5, 5.41) is 0. The normalized spacial score (nSPS) is 12.8. The van der Waals surface area contributed by atoms with E-state index < -0.39 is 11.7 Å². The van der Waals surface area contributed by atoms with Crippen LogP contribution in [0.4, 0.5) is 5.69 Å². The second kappa shape index (κ2) is 8.65. The van der Waals surface area contributed by atoms with Crippen LogP contribution in [0.2, 0.25) is 0 Å². The Hall–Kier alpha value is -3.22. The number of benzene rings is 2. The van der Waals surface area contributed by atoms with Gasteiger partial charge < -0.3 is 23.8 Å². The number of ether oxygens (including phenoxy) is 4. The van der Waals surface area contributed by atoms with Crippen molar-refractivity contribution in [3.8, 4) is 23.0 Å². The summed E-state index contributed by atoms with van der Waals surface area (Å²) in [5.74, 6) is 0.536. The van der Waals surface area contributed by atoms with Gasteiger partial charge in [0.2, 0.25) is 5.75 Å². The number of carbonyl (C=O) groups excluding carboxylic acids is 2. The maximum atomic E-state index is 12.5. The van der Waals surface area contributed by atoms with Crippen LogP contribution in [-0.2, 0) is 4.79 Å². The Morgan fingerprint density at radius 3 is 2.25 bits per heavy atom. The van der Waals surface area contributed by atoms with Crippen molar-refractivity contribution in [1.29, 1.82) is 0 Å². The first-order valence-corrected chi connectivity index (χ1v) is 8.99. The first-order chi connectivity index (χ1) is 13.6. The third-order valence-electron chi connectivity index (χ3n) is 4.55. The molecule has 1 aliphatic rings. The molecule has 0 spiro atoms. The molecule has 0 saturated carbocycles. The lowest BCUT2D eigenvalue weighted by Crippen LogP contribution is -2.30. The van der Waals surface area contributed by atoms with Crippen LogP contribution in [0.3, 0.4) is 0 Å². The first-order valence-electron chi connectivity index (χ1n) is 8.99. The van der Waals surface area contributed by atoms with Crippen molar-refractivity contribution in [2.75, 3.05) is 39.4 Å². The van der Waals surface area contributed by atoms with Gasteiger partial charge in [-0.25, -0.2) is 0 Å². The third kappa shape index (κ3) is 3.60. The van der Waals surface area contributed by atoms with Crippen molar-refractivity contribution in [2.24, 2.45) is 0 Å². The van der Waals surface area contributed by atoms with E-state index in [0.29, 0.717) is 36.8 Å². The molecule has 0 atom stereocenters. The Morgan fingerprint density at radius 2 is 1.61 bits per heavy atom. The molecular weight excluding hydrogens is 362 g/mol. The Kier molecular flexibility index (Phi) is 6.03. The molecule has 148 valence electrons. The second-order valence-electron chi connectivity index (χ2n) is 6.19. The molecule has 2 aromatic carbocycles. The monoisotopic (exact) mass is 385 g/mol. The minimum absolute atomic E-state index is 0.213. The molecule has 0 bridgehead atoms. The van der Waals surface area contributed by atoms with Crippen LogP contribution < -0.4 is 23.8 Å². The summed E-state index contributed by atoms with van der Waals surface area (Å²) in [7, 11) is 4.38. The number of rotatable bonds is 9. The highest BCUT2D eigenvalue weighted by Gasteiger charge is 2.40. The molecule has 0 aliphatic carbocycles. The minimum Gasteiger partial charge on any atom is -0.494 e. The molecule has 1 heterocycles. The summed E-state index contributed by atoms with van der Waals surface area (Å²) >= 11 is 0. The van der Waals surface area contributed by atoms with Gasteiger partial charge in [0.1, 0.15) is 5.75 Å². The van der Waals surface area contributed by atoms with Crippen molar-refractivity contribution < 1.29 is 28.5 Å². The van der Waals surface area contributed by atoms with E-state index in [-0.39, 0.29) is 11.3 Å². The van der Waals surface area contributed by atoms with Crippen LogP contribution in [0.15, 0.2) is 36.4 Å². The van der Waals surface area contributed by atoms with Crippen LogP contribution in [0, 0.1) is 0 Å². The van der Waals surface area contributed by atoms with Gasteiger partial charge in [-0.05, 0) is 25.0 Å². The zero-order valence-corrected chi connectivity index (χ0v) is 16.2. The van der Waals surface area contributed by atoms with Crippen LogP contribution in [0.25, 0.3) is 0 Å². The maximum absolute atomic E-state index is 12.5. The van der Waals surface area contributed by atoms with Gasteiger partial charge in [0, 0.05) is 12.6 Å². The van der Waals surface area contributed by atoms with Crippen LogP contribution in [0.5, 0.6) is 23.0 Å². The number of amides is 1. The summed E-state index contributed by atoms with van der Waals surface area (Å²) in [6.07, 6.45) is 1.43. The standard InChI is InChI=1S/C21H23NO6/c1-25-16-13-15-17(20(27-3)19(16)26-2)18(23)21(24)22(15)11-7-8-12-28-14-9-5-4-6-10-14/h4-6,9-10,13H,7-8,11-12H2,1-3H3. The molecule has 0 radical (unpaired) electrons. The van der Waals surface area contributed by atoms with Crippen molar-refractivity contribution in [3.63, 3.8) is 0 Å². The number of fused-ring (bicyclic) bond motifs is 1. The van der Waals surface area contributed by atoms with E-state index in [2.05, 4.69) is 0 Å². The van der Waals surface area contributed by atoms with Crippen molar-refractivity contribution in [2.45, 2.75) is 12.8 Å². The van der Waals surface area contributed by atoms with E-state index >= 15 is 0 Å². The number of nitrogens with zero attached hydrogens (tertiary/aromatic N) is 1. The Labute approximate surface area is 163 Å². The van der Waals surface area contributed by atoms with Crippen LogP contribution in [0.1, 0.15) is 23.2 Å². The SMILES string of the molecule is COc1cc2c(c(OC)c1OC)C(=O)C(=O)N2CCCCOc1ccccc1. The first kappa shape index (κ1) is 19.5. The maximum Gasteiger partial charge on any atom is 0.299 e. The molecule has 2 aromatic rings. The molecule has 7 nitrogen and oxygen atoms in total. The number of Topliss-reactive ketones (excluding diaryl/α,β-unsaturated/α-hetero) is 1. The number of anilines is 1. The van der Waals surface area contributed by atoms with Gasteiger partial charge in [0.25, 0.3) is 11.7 Å². The van der Waals surface area contributed by atoms with Gasteiger partial charge in [-0.2, -0.15) is 0 Å². The average Bonchev–Trinajstić information content (AvgIpc) is 2.97. The molecule has 1 amide bonds. The number of methoxy groups -OCH3 is 3. The molecule has 3 rings (SSSR count). The van der Waals surface area contributed by atoms with Crippen LogP contribution in [-0.4, -0.2) is 46.2 Å². The van der Waals surface area contributed by atoms with Crippen molar-refractivity contribution in [1.82, 2.24) is 0 Å². The quantitative estimate of drug-likeness (QED) is 0.488. The molecule has 0 unspecified atom stereocenters. The molecule has 0 aromatic heterocycles. The van der Waals surface area contributed by atoms with E-state index in [0.717, 1.165) is 12.2 Å². The summed E-state index contributed by atoms with van der Waals surface area (Å²) in [5.41, 5.74) is 0.694. The van der Waals surface area contributed by atoms with Gasteiger partial charge in [-0.15, -0.1) is 0 Å². The largest absolute Gasteiger partial charge is 0.494 e. The highest BCUT2D eigenvalue weighted by atomic mass is 16.5. The van der Waals surface area contributed by atoms with E-state index in [1.165, 1.54) is 26.2 Å². The molecule has 0 fully saturated rings. The van der Waals surface area contributed by atoms with Gasteiger partial charge in [-0.1, -0.05) is 18.2 Å². The molecule has 0 N–H and O–H groups in total. The van der Waals surface area contributed by atoms with Crippen molar-refractivity contribution in [3.05, 3.63) is 42.0 Å². The summed E-state index contributed by atoms with van der Waals surface area (Å²) in [6.45, 7) is 0.927. The van der Waals surface area contributed by atoms with E-state index in [1.807, 2.05) is 30.3 Å². The van der Waals surface area contributed by atoms with Crippen molar-refractivity contribution >= 4 is 17.4 Å². The predicted octanol–water partition coefficient (Wildman–Crippen LogP) is 3.10. The predicted molar refractivity (Wildman–Crippen MR) is 104 cm³/mol. The number of ketones is 1. The van der Waals surface area contributed by atoms with E-state index in [1.54, 1.807) is 6.07 Å². The topological polar surface area (TPSA) is 74.3 Å². The summed E-state index contributed by atoms with van der Waals surface area (Å²) in [6, 6.07) is 11.2. The van der Waals surface area contributed by atoms with E-state index in [9.17, 15) is 9.59 Å². The Morgan fingerprint density at radius 1 is 0.893 bits per heavy atom.